The minimum Gasteiger partial charge on any atom is -0.397 e. The molecule has 0 saturated carbocycles. The number of anilines is 2. The van der Waals surface area contributed by atoms with E-state index in [1.165, 1.54) is 23.1 Å². The van der Waals surface area contributed by atoms with Crippen molar-refractivity contribution >= 4 is 27.3 Å². The van der Waals surface area contributed by atoms with Crippen molar-refractivity contribution in [3.05, 3.63) is 18.2 Å². The number of nitrogens with two attached hydrogens (primary N) is 2. The van der Waals surface area contributed by atoms with E-state index in [9.17, 15) is 13.2 Å². The van der Waals surface area contributed by atoms with Crippen LogP contribution in [0.3, 0.4) is 0 Å². The molecule has 1 aromatic carbocycles. The van der Waals surface area contributed by atoms with Crippen LogP contribution in [0.4, 0.5) is 11.4 Å². The first-order valence-corrected chi connectivity index (χ1v) is 8.09. The van der Waals surface area contributed by atoms with E-state index in [1.54, 1.807) is 19.0 Å². The molecule has 0 saturated heterocycles. The average Bonchev–Trinajstić information content (AvgIpc) is 2.37. The fourth-order valence-electron chi connectivity index (χ4n) is 1.83. The molecule has 0 unspecified atom stereocenters. The zero-order valence-corrected chi connectivity index (χ0v) is 13.4. The Morgan fingerprint density at radius 1 is 1.29 bits per heavy atom. The van der Waals surface area contributed by atoms with Gasteiger partial charge in [-0.2, -0.15) is 0 Å². The maximum Gasteiger partial charge on any atom is 0.241 e. The van der Waals surface area contributed by atoms with Crippen molar-refractivity contribution < 1.29 is 13.2 Å². The molecule has 118 valence electrons. The molecule has 0 fully saturated rings. The number of hydrogen-bond acceptors (Lipinski definition) is 5. The third-order valence-corrected chi connectivity index (χ3v) is 3.90. The molecule has 0 heterocycles. The molecule has 8 heteroatoms. The first-order chi connectivity index (χ1) is 9.66. The third-order valence-electron chi connectivity index (χ3n) is 2.99. The molecule has 0 spiro atoms. The topological polar surface area (TPSA) is 110 Å². The van der Waals surface area contributed by atoms with Gasteiger partial charge in [0.15, 0.2) is 0 Å². The van der Waals surface area contributed by atoms with Crippen LogP contribution in [0.1, 0.15) is 13.3 Å². The van der Waals surface area contributed by atoms with Gasteiger partial charge in [0.2, 0.25) is 15.9 Å². The fraction of sp³-hybridized carbons (Fsp3) is 0.462. The van der Waals surface area contributed by atoms with Gasteiger partial charge >= 0.3 is 0 Å². The van der Waals surface area contributed by atoms with Crippen molar-refractivity contribution in [2.24, 2.45) is 5.14 Å². The molecule has 7 nitrogen and oxygen atoms in total. The Labute approximate surface area is 125 Å². The summed E-state index contributed by atoms with van der Waals surface area (Å²) in [5.41, 5.74) is 6.82. The van der Waals surface area contributed by atoms with E-state index in [4.69, 9.17) is 10.9 Å². The number of nitrogens with zero attached hydrogens (tertiary/aromatic N) is 2. The molecule has 0 radical (unpaired) electrons. The van der Waals surface area contributed by atoms with Crippen molar-refractivity contribution in [1.82, 2.24) is 4.90 Å². The van der Waals surface area contributed by atoms with Gasteiger partial charge in [-0.3, -0.25) is 4.79 Å². The number of nitrogen functional groups attached to an aromatic ring is 1. The van der Waals surface area contributed by atoms with Crippen LogP contribution in [0, 0.1) is 0 Å². The quantitative estimate of drug-likeness (QED) is 0.730. The van der Waals surface area contributed by atoms with Crippen LogP contribution in [0.5, 0.6) is 0 Å². The predicted molar refractivity (Wildman–Crippen MR) is 83.4 cm³/mol. The number of amides is 1. The predicted octanol–water partition coefficient (Wildman–Crippen LogP) is 0.221. The lowest BCUT2D eigenvalue weighted by molar-refractivity contribution is -0.127. The van der Waals surface area contributed by atoms with E-state index in [1.807, 2.05) is 6.92 Å². The van der Waals surface area contributed by atoms with Crippen molar-refractivity contribution in [2.75, 3.05) is 37.8 Å². The second-order valence-electron chi connectivity index (χ2n) is 4.98. The lowest BCUT2D eigenvalue weighted by atomic mass is 10.2. The molecular weight excluding hydrogens is 292 g/mol. The van der Waals surface area contributed by atoms with Crippen LogP contribution < -0.4 is 15.8 Å². The Bertz CT molecular complexity index is 614. The number of benzene rings is 1. The van der Waals surface area contributed by atoms with Crippen LogP contribution in [0.15, 0.2) is 23.1 Å². The number of rotatable bonds is 6. The van der Waals surface area contributed by atoms with Gasteiger partial charge < -0.3 is 15.5 Å². The highest BCUT2D eigenvalue weighted by atomic mass is 32.2. The molecule has 4 N–H and O–H groups in total. The summed E-state index contributed by atoms with van der Waals surface area (Å²) >= 11 is 0. The van der Waals surface area contributed by atoms with E-state index in [-0.39, 0.29) is 17.3 Å². The van der Waals surface area contributed by atoms with Crippen LogP contribution >= 0.6 is 0 Å². The van der Waals surface area contributed by atoms with Crippen LogP contribution in [0.25, 0.3) is 0 Å². The molecule has 21 heavy (non-hydrogen) atoms. The normalized spacial score (nSPS) is 11.2. The number of carbonyl (C=O) groups excluding carboxylic acids is 1. The number of primary sulfonamides is 1. The van der Waals surface area contributed by atoms with Crippen molar-refractivity contribution in [3.8, 4) is 0 Å². The molecular formula is C13H22N4O3S. The second kappa shape index (κ2) is 6.77. The standard InChI is InChI=1S/C13H22N4O3S/c1-4-7-17(9-13(18)16(2)3)12-8-10(21(15,19)20)5-6-11(12)14/h5-6,8H,4,7,9,14H2,1-3H3,(H2,15,19,20). The van der Waals surface area contributed by atoms with E-state index < -0.39 is 10.0 Å². The average molecular weight is 314 g/mol. The molecule has 0 atom stereocenters. The minimum absolute atomic E-state index is 0.0231. The Hall–Kier alpha value is -1.80. The van der Waals surface area contributed by atoms with Crippen LogP contribution in [-0.4, -0.2) is 46.4 Å². The summed E-state index contributed by atoms with van der Waals surface area (Å²) in [7, 11) is -0.486. The number of sulfonamides is 1. The van der Waals surface area contributed by atoms with Gasteiger partial charge in [0.25, 0.3) is 0 Å². The van der Waals surface area contributed by atoms with Crippen molar-refractivity contribution in [3.63, 3.8) is 0 Å². The van der Waals surface area contributed by atoms with E-state index in [0.717, 1.165) is 6.42 Å². The fourth-order valence-corrected chi connectivity index (χ4v) is 2.37. The van der Waals surface area contributed by atoms with Crippen molar-refractivity contribution in [1.29, 1.82) is 0 Å². The highest BCUT2D eigenvalue weighted by Gasteiger charge is 2.17. The highest BCUT2D eigenvalue weighted by molar-refractivity contribution is 7.89. The minimum atomic E-state index is -3.81. The number of carbonyl (C=O) groups is 1. The van der Waals surface area contributed by atoms with Crippen LogP contribution in [0.2, 0.25) is 0 Å². The molecule has 1 aromatic rings. The Morgan fingerprint density at radius 3 is 2.38 bits per heavy atom. The molecule has 0 bridgehead atoms. The zero-order chi connectivity index (χ0) is 16.2. The van der Waals surface area contributed by atoms with Gasteiger partial charge in [-0.05, 0) is 24.6 Å². The summed E-state index contributed by atoms with van der Waals surface area (Å²) in [6.07, 6.45) is 0.791. The molecule has 0 aliphatic heterocycles. The molecule has 0 aromatic heterocycles. The third kappa shape index (κ3) is 4.61. The number of likely N-dealkylation sites (N-methyl/N-ethyl adjacent to an activating group) is 1. The highest BCUT2D eigenvalue weighted by Crippen LogP contribution is 2.26. The van der Waals surface area contributed by atoms with Gasteiger partial charge in [-0.25, -0.2) is 13.6 Å². The smallest absolute Gasteiger partial charge is 0.241 e. The lowest BCUT2D eigenvalue weighted by Gasteiger charge is -2.26. The zero-order valence-electron chi connectivity index (χ0n) is 12.5. The van der Waals surface area contributed by atoms with Gasteiger partial charge in [0, 0.05) is 20.6 Å². The van der Waals surface area contributed by atoms with Gasteiger partial charge in [0.05, 0.1) is 22.8 Å². The Balaban J connectivity index is 3.21. The molecule has 0 aliphatic carbocycles. The summed E-state index contributed by atoms with van der Waals surface area (Å²) < 4.78 is 22.9. The SMILES string of the molecule is CCCN(CC(=O)N(C)C)c1cc(S(N)(=O)=O)ccc1N. The Kier molecular flexibility index (Phi) is 5.56. The maximum atomic E-state index is 11.9. The lowest BCUT2D eigenvalue weighted by Crippen LogP contribution is -2.37. The first kappa shape index (κ1) is 17.3. The molecule has 0 aliphatic rings. The van der Waals surface area contributed by atoms with Gasteiger partial charge in [0.1, 0.15) is 0 Å². The van der Waals surface area contributed by atoms with E-state index >= 15 is 0 Å². The number of hydrogen-bond donors (Lipinski definition) is 2. The summed E-state index contributed by atoms with van der Waals surface area (Å²) in [5.74, 6) is -0.0936. The summed E-state index contributed by atoms with van der Waals surface area (Å²) in [6.45, 7) is 2.67. The van der Waals surface area contributed by atoms with Gasteiger partial charge in [-0.15, -0.1) is 0 Å². The van der Waals surface area contributed by atoms with E-state index in [2.05, 4.69) is 0 Å². The first-order valence-electron chi connectivity index (χ1n) is 6.54. The maximum absolute atomic E-state index is 11.9. The van der Waals surface area contributed by atoms with Crippen LogP contribution in [-0.2, 0) is 14.8 Å². The molecule has 1 rings (SSSR count). The summed E-state index contributed by atoms with van der Waals surface area (Å²) in [6, 6.07) is 4.24. The Morgan fingerprint density at radius 2 is 1.90 bits per heavy atom. The van der Waals surface area contributed by atoms with E-state index in [0.29, 0.717) is 17.9 Å². The summed E-state index contributed by atoms with van der Waals surface area (Å²) in [4.78, 5) is 15.1. The summed E-state index contributed by atoms with van der Waals surface area (Å²) in [5, 5.41) is 5.14. The van der Waals surface area contributed by atoms with Crippen molar-refractivity contribution in [2.45, 2.75) is 18.2 Å². The second-order valence-corrected chi connectivity index (χ2v) is 6.54. The monoisotopic (exact) mass is 314 g/mol. The van der Waals surface area contributed by atoms with Gasteiger partial charge in [-0.1, -0.05) is 6.92 Å². The largest absolute Gasteiger partial charge is 0.397 e. The molecule has 1 amide bonds.